The van der Waals surface area contributed by atoms with Gasteiger partial charge in [-0.25, -0.2) is 13.1 Å². The third kappa shape index (κ3) is 3.82. The van der Waals surface area contributed by atoms with Gasteiger partial charge in [0.25, 0.3) is 0 Å². The number of benzene rings is 1. The Balaban J connectivity index is 2.99. The highest BCUT2D eigenvalue weighted by Crippen LogP contribution is 2.17. The van der Waals surface area contributed by atoms with E-state index in [1.54, 1.807) is 26.0 Å². The minimum atomic E-state index is -3.56. The lowest BCUT2D eigenvalue weighted by Gasteiger charge is -2.15. The van der Waals surface area contributed by atoms with Crippen LogP contribution in [0, 0.1) is 19.3 Å². The molecule has 1 aromatic rings. The molecular formula is C12H19N3O2S. The Morgan fingerprint density at radius 3 is 2.61 bits per heavy atom. The van der Waals surface area contributed by atoms with Gasteiger partial charge in [0, 0.05) is 12.5 Å². The van der Waals surface area contributed by atoms with E-state index in [2.05, 4.69) is 4.72 Å². The van der Waals surface area contributed by atoms with Crippen molar-refractivity contribution in [3.8, 4) is 0 Å². The summed E-state index contributed by atoms with van der Waals surface area (Å²) in [5, 5.41) is 7.16. The molecule has 0 bridgehead atoms. The van der Waals surface area contributed by atoms with Gasteiger partial charge in [0.05, 0.1) is 10.7 Å². The number of sulfonamides is 1. The lowest BCUT2D eigenvalue weighted by Crippen LogP contribution is -2.35. The molecule has 6 heteroatoms. The molecule has 0 heterocycles. The highest BCUT2D eigenvalue weighted by molar-refractivity contribution is 7.89. The molecule has 0 fully saturated rings. The van der Waals surface area contributed by atoms with Crippen LogP contribution in [0.1, 0.15) is 24.5 Å². The van der Waals surface area contributed by atoms with E-state index in [1.807, 2.05) is 13.0 Å². The number of nitrogens with two attached hydrogens (primary N) is 1. The van der Waals surface area contributed by atoms with E-state index in [1.165, 1.54) is 0 Å². The van der Waals surface area contributed by atoms with Crippen molar-refractivity contribution in [1.82, 2.24) is 4.72 Å². The van der Waals surface area contributed by atoms with Gasteiger partial charge in [-0.1, -0.05) is 12.1 Å². The molecular weight excluding hydrogens is 250 g/mol. The van der Waals surface area contributed by atoms with Gasteiger partial charge in [-0.15, -0.1) is 0 Å². The lowest BCUT2D eigenvalue weighted by molar-refractivity contribution is 0.563. The van der Waals surface area contributed by atoms with Gasteiger partial charge >= 0.3 is 0 Å². The first-order chi connectivity index (χ1) is 8.22. The van der Waals surface area contributed by atoms with Crippen LogP contribution in [0.3, 0.4) is 0 Å². The molecule has 0 aromatic heterocycles. The molecule has 0 saturated heterocycles. The van der Waals surface area contributed by atoms with Gasteiger partial charge in [-0.3, -0.25) is 5.41 Å². The summed E-state index contributed by atoms with van der Waals surface area (Å²) < 4.78 is 26.9. The molecule has 0 saturated carbocycles. The average Bonchev–Trinajstić information content (AvgIpc) is 2.19. The van der Waals surface area contributed by atoms with Crippen molar-refractivity contribution >= 4 is 15.9 Å². The minimum absolute atomic E-state index is 0.0360. The normalized spacial score (nSPS) is 13.3. The van der Waals surface area contributed by atoms with Crippen LogP contribution in [-0.4, -0.2) is 20.3 Å². The highest BCUT2D eigenvalue weighted by Gasteiger charge is 2.19. The van der Waals surface area contributed by atoms with Gasteiger partial charge in [0.15, 0.2) is 0 Å². The summed E-state index contributed by atoms with van der Waals surface area (Å²) in [5.41, 5.74) is 6.84. The van der Waals surface area contributed by atoms with Crippen molar-refractivity contribution in [1.29, 1.82) is 5.41 Å². The van der Waals surface area contributed by atoms with Crippen LogP contribution in [0.15, 0.2) is 23.1 Å². The molecule has 0 spiro atoms. The first-order valence-corrected chi connectivity index (χ1v) is 7.13. The van der Waals surface area contributed by atoms with Crippen molar-refractivity contribution in [3.05, 3.63) is 29.3 Å². The third-order valence-electron chi connectivity index (χ3n) is 2.52. The molecule has 5 nitrogen and oxygen atoms in total. The summed E-state index contributed by atoms with van der Waals surface area (Å²) >= 11 is 0. The highest BCUT2D eigenvalue weighted by atomic mass is 32.2. The average molecular weight is 269 g/mol. The van der Waals surface area contributed by atoms with Gasteiger partial charge in [0.2, 0.25) is 10.0 Å². The quantitative estimate of drug-likeness (QED) is 0.555. The first-order valence-electron chi connectivity index (χ1n) is 5.65. The largest absolute Gasteiger partial charge is 0.388 e. The fraction of sp³-hybridized carbons (Fsp3) is 0.417. The summed E-state index contributed by atoms with van der Waals surface area (Å²) in [5.74, 6) is -0.0360. The van der Waals surface area contributed by atoms with Crippen molar-refractivity contribution < 1.29 is 8.42 Å². The first kappa shape index (κ1) is 14.7. The molecule has 0 aliphatic carbocycles. The predicted octanol–water partition coefficient (Wildman–Crippen LogP) is 1.30. The Morgan fingerprint density at radius 2 is 2.06 bits per heavy atom. The molecule has 1 aromatic carbocycles. The van der Waals surface area contributed by atoms with E-state index in [0.29, 0.717) is 5.56 Å². The lowest BCUT2D eigenvalue weighted by atomic mass is 10.2. The van der Waals surface area contributed by atoms with Crippen LogP contribution >= 0.6 is 0 Å². The van der Waals surface area contributed by atoms with Crippen LogP contribution in [0.25, 0.3) is 0 Å². The molecule has 0 amide bonds. The van der Waals surface area contributed by atoms with Gasteiger partial charge in [-0.05, 0) is 38.0 Å². The SMILES string of the molecule is Cc1ccc(C)c(S(=O)(=O)NC(C)CC(=N)N)c1. The zero-order valence-corrected chi connectivity index (χ0v) is 11.6. The molecule has 4 N–H and O–H groups in total. The molecule has 1 unspecified atom stereocenters. The van der Waals surface area contributed by atoms with Crippen LogP contribution in [0.5, 0.6) is 0 Å². The Bertz CT molecular complexity index is 552. The van der Waals surface area contributed by atoms with Crippen molar-refractivity contribution in [2.24, 2.45) is 5.73 Å². The van der Waals surface area contributed by atoms with E-state index >= 15 is 0 Å². The second kappa shape index (κ2) is 5.49. The van der Waals surface area contributed by atoms with E-state index in [-0.39, 0.29) is 17.2 Å². The van der Waals surface area contributed by atoms with Crippen molar-refractivity contribution in [2.75, 3.05) is 0 Å². The number of aryl methyl sites for hydroxylation is 2. The van der Waals surface area contributed by atoms with Gasteiger partial charge < -0.3 is 5.73 Å². The molecule has 0 aliphatic heterocycles. The number of nitrogens with one attached hydrogen (secondary N) is 2. The summed E-state index contributed by atoms with van der Waals surface area (Å²) in [6.45, 7) is 5.28. The Labute approximate surface area is 108 Å². The summed E-state index contributed by atoms with van der Waals surface area (Å²) in [6.07, 6.45) is 0.199. The number of hydrogen-bond donors (Lipinski definition) is 3. The predicted molar refractivity (Wildman–Crippen MR) is 72.2 cm³/mol. The van der Waals surface area contributed by atoms with E-state index in [9.17, 15) is 8.42 Å². The van der Waals surface area contributed by atoms with Crippen LogP contribution in [-0.2, 0) is 10.0 Å². The molecule has 0 radical (unpaired) electrons. The van der Waals surface area contributed by atoms with Gasteiger partial charge in [-0.2, -0.15) is 0 Å². The zero-order chi connectivity index (χ0) is 13.9. The molecule has 18 heavy (non-hydrogen) atoms. The fourth-order valence-electron chi connectivity index (χ4n) is 1.70. The summed E-state index contributed by atoms with van der Waals surface area (Å²) in [4.78, 5) is 0.276. The van der Waals surface area contributed by atoms with Crippen LogP contribution in [0.4, 0.5) is 0 Å². The minimum Gasteiger partial charge on any atom is -0.388 e. The molecule has 100 valence electrons. The zero-order valence-electron chi connectivity index (χ0n) is 10.8. The second-order valence-electron chi connectivity index (χ2n) is 4.52. The molecule has 1 rings (SSSR count). The Morgan fingerprint density at radius 1 is 1.44 bits per heavy atom. The van der Waals surface area contributed by atoms with E-state index < -0.39 is 16.1 Å². The molecule has 1 atom stereocenters. The summed E-state index contributed by atoms with van der Waals surface area (Å²) in [7, 11) is -3.56. The van der Waals surface area contributed by atoms with Crippen LogP contribution in [0.2, 0.25) is 0 Å². The second-order valence-corrected chi connectivity index (χ2v) is 6.20. The van der Waals surface area contributed by atoms with Crippen LogP contribution < -0.4 is 10.5 Å². The van der Waals surface area contributed by atoms with E-state index in [4.69, 9.17) is 11.1 Å². The maximum absolute atomic E-state index is 12.2. The van der Waals surface area contributed by atoms with Crippen molar-refractivity contribution in [3.63, 3.8) is 0 Å². The van der Waals surface area contributed by atoms with Gasteiger partial charge in [0.1, 0.15) is 0 Å². The summed E-state index contributed by atoms with van der Waals surface area (Å²) in [6, 6.07) is 4.89. The monoisotopic (exact) mass is 269 g/mol. The maximum Gasteiger partial charge on any atom is 0.241 e. The number of rotatable bonds is 5. The van der Waals surface area contributed by atoms with Crippen molar-refractivity contribution in [2.45, 2.75) is 38.1 Å². The maximum atomic E-state index is 12.2. The Hall–Kier alpha value is -1.40. The Kier molecular flexibility index (Phi) is 4.48. The standard InChI is InChI=1S/C12H19N3O2S/c1-8-4-5-9(2)11(6-8)18(16,17)15-10(3)7-12(13)14/h4-6,10,15H,7H2,1-3H3,(H3,13,14). The topological polar surface area (TPSA) is 96.0 Å². The van der Waals surface area contributed by atoms with E-state index in [0.717, 1.165) is 5.56 Å². The smallest absolute Gasteiger partial charge is 0.241 e. The number of amidine groups is 1. The number of hydrogen-bond acceptors (Lipinski definition) is 3. The third-order valence-corrected chi connectivity index (χ3v) is 4.25. The molecule has 0 aliphatic rings. The fourth-order valence-corrected chi connectivity index (χ4v) is 3.27.